The fourth-order valence-electron chi connectivity index (χ4n) is 2.59. The van der Waals surface area contributed by atoms with Crippen molar-refractivity contribution in [3.8, 4) is 11.4 Å². The maximum Gasteiger partial charge on any atom is 0.231 e. The molecule has 3 rings (SSSR count). The summed E-state index contributed by atoms with van der Waals surface area (Å²) in [6.07, 6.45) is 3.15. The van der Waals surface area contributed by atoms with E-state index in [2.05, 4.69) is 30.5 Å². The van der Waals surface area contributed by atoms with E-state index in [4.69, 9.17) is 0 Å². The number of benzene rings is 1. The van der Waals surface area contributed by atoms with Crippen LogP contribution in [0, 0.1) is 5.92 Å². The number of aromatic nitrogens is 5. The molecule has 0 aliphatic carbocycles. The minimum absolute atomic E-state index is 0.0855. The molecule has 2 heterocycles. The maximum atomic E-state index is 12.5. The number of amides is 1. The normalized spacial score (nSPS) is 12.3. The van der Waals surface area contributed by atoms with Gasteiger partial charge in [0.1, 0.15) is 18.0 Å². The summed E-state index contributed by atoms with van der Waals surface area (Å²) in [5.74, 6) is 1.04. The molecule has 3 N–H and O–H groups in total. The second-order valence-electron chi connectivity index (χ2n) is 5.93. The molecular weight excluding hydrogens is 304 g/mol. The molecule has 3 aromatic rings. The highest BCUT2D eigenvalue weighted by molar-refractivity contribution is 5.82. The van der Waals surface area contributed by atoms with Crippen LogP contribution in [0.25, 0.3) is 11.4 Å². The Hall–Kier alpha value is -2.96. The molecule has 1 unspecified atom stereocenters. The van der Waals surface area contributed by atoms with Gasteiger partial charge in [0, 0.05) is 5.56 Å². The van der Waals surface area contributed by atoms with Crippen LogP contribution in [0.2, 0.25) is 0 Å². The highest BCUT2D eigenvalue weighted by Gasteiger charge is 2.26. The number of carbonyl (C=O) groups excluding carboxylic acids is 1. The molecule has 7 heteroatoms. The minimum atomic E-state index is -0.357. The molecule has 0 radical (unpaired) electrons. The number of hydrogen-bond acceptors (Lipinski definition) is 4. The van der Waals surface area contributed by atoms with Crippen molar-refractivity contribution in [2.75, 3.05) is 0 Å². The Bertz CT molecular complexity index is 779. The van der Waals surface area contributed by atoms with E-state index in [0.29, 0.717) is 12.4 Å². The zero-order valence-electron chi connectivity index (χ0n) is 13.7. The predicted molar refractivity (Wildman–Crippen MR) is 89.8 cm³/mol. The third-order valence-electron chi connectivity index (χ3n) is 3.81. The van der Waals surface area contributed by atoms with Crippen LogP contribution in [0.1, 0.15) is 31.3 Å². The standard InChI is InChI=1S/C17H20N6O/c1-11(2)14(16-20-10-21-23-16)17(24)19-9-13-8-18-15(22-13)12-6-4-3-5-7-12/h3-8,10-11,14H,9H2,1-2H3,(H,18,22)(H,19,24)(H,20,21,23). The van der Waals surface area contributed by atoms with Gasteiger partial charge in [0.2, 0.25) is 5.91 Å². The molecule has 124 valence electrons. The van der Waals surface area contributed by atoms with Gasteiger partial charge in [-0.2, -0.15) is 5.10 Å². The number of nitrogens with one attached hydrogen (secondary N) is 3. The third-order valence-corrected chi connectivity index (χ3v) is 3.81. The average molecular weight is 324 g/mol. The van der Waals surface area contributed by atoms with Crippen LogP contribution < -0.4 is 5.32 Å². The molecule has 24 heavy (non-hydrogen) atoms. The van der Waals surface area contributed by atoms with E-state index in [9.17, 15) is 4.79 Å². The maximum absolute atomic E-state index is 12.5. The Morgan fingerprint density at radius 3 is 2.67 bits per heavy atom. The second kappa shape index (κ2) is 7.08. The summed E-state index contributed by atoms with van der Waals surface area (Å²) in [6.45, 7) is 4.35. The van der Waals surface area contributed by atoms with Crippen molar-refractivity contribution in [2.45, 2.75) is 26.3 Å². The Morgan fingerprint density at radius 1 is 1.21 bits per heavy atom. The van der Waals surface area contributed by atoms with Gasteiger partial charge in [0.15, 0.2) is 0 Å². The van der Waals surface area contributed by atoms with Gasteiger partial charge in [0.05, 0.1) is 24.4 Å². The lowest BCUT2D eigenvalue weighted by atomic mass is 9.94. The lowest BCUT2D eigenvalue weighted by Gasteiger charge is -2.17. The highest BCUT2D eigenvalue weighted by atomic mass is 16.1. The van der Waals surface area contributed by atoms with E-state index in [-0.39, 0.29) is 17.7 Å². The van der Waals surface area contributed by atoms with Gasteiger partial charge >= 0.3 is 0 Å². The second-order valence-corrected chi connectivity index (χ2v) is 5.93. The molecule has 0 aliphatic rings. The number of imidazole rings is 1. The lowest BCUT2D eigenvalue weighted by Crippen LogP contribution is -2.32. The van der Waals surface area contributed by atoms with Gasteiger partial charge in [-0.1, -0.05) is 44.2 Å². The SMILES string of the molecule is CC(C)C(C(=O)NCc1cnc(-c2ccccc2)[nH]1)c1ncn[nH]1. The molecule has 0 saturated carbocycles. The number of H-pyrrole nitrogens is 2. The van der Waals surface area contributed by atoms with Crippen LogP contribution in [0.3, 0.4) is 0 Å². The quantitative estimate of drug-likeness (QED) is 0.647. The Morgan fingerprint density at radius 2 is 2.00 bits per heavy atom. The van der Waals surface area contributed by atoms with Crippen LogP contribution in [-0.4, -0.2) is 31.1 Å². The molecule has 0 bridgehead atoms. The zero-order chi connectivity index (χ0) is 16.9. The molecular formula is C17H20N6O. The first-order valence-electron chi connectivity index (χ1n) is 7.87. The number of nitrogens with zero attached hydrogens (tertiary/aromatic N) is 3. The van der Waals surface area contributed by atoms with E-state index in [0.717, 1.165) is 17.1 Å². The number of carbonyl (C=O) groups is 1. The molecule has 0 saturated heterocycles. The van der Waals surface area contributed by atoms with Gasteiger partial charge in [0.25, 0.3) is 0 Å². The Labute approximate surface area is 139 Å². The fourth-order valence-corrected chi connectivity index (χ4v) is 2.59. The van der Waals surface area contributed by atoms with Gasteiger partial charge in [-0.15, -0.1) is 0 Å². The number of hydrogen-bond donors (Lipinski definition) is 3. The minimum Gasteiger partial charge on any atom is -0.350 e. The topological polar surface area (TPSA) is 99.3 Å². The van der Waals surface area contributed by atoms with Gasteiger partial charge in [-0.3, -0.25) is 9.89 Å². The first-order chi connectivity index (χ1) is 11.6. The highest BCUT2D eigenvalue weighted by Crippen LogP contribution is 2.21. The van der Waals surface area contributed by atoms with Crippen LogP contribution in [-0.2, 0) is 11.3 Å². The fraction of sp³-hybridized carbons (Fsp3) is 0.294. The van der Waals surface area contributed by atoms with E-state index >= 15 is 0 Å². The van der Waals surface area contributed by atoms with Crippen molar-refractivity contribution in [1.82, 2.24) is 30.5 Å². The number of aromatic amines is 2. The summed E-state index contributed by atoms with van der Waals surface area (Å²) in [4.78, 5) is 24.2. The van der Waals surface area contributed by atoms with E-state index in [1.165, 1.54) is 6.33 Å². The van der Waals surface area contributed by atoms with E-state index < -0.39 is 0 Å². The van der Waals surface area contributed by atoms with Crippen molar-refractivity contribution >= 4 is 5.91 Å². The Balaban J connectivity index is 1.65. The monoisotopic (exact) mass is 324 g/mol. The van der Waals surface area contributed by atoms with Crippen molar-refractivity contribution in [3.63, 3.8) is 0 Å². The molecule has 2 aromatic heterocycles. The zero-order valence-corrected chi connectivity index (χ0v) is 13.7. The van der Waals surface area contributed by atoms with Crippen LogP contribution >= 0.6 is 0 Å². The summed E-state index contributed by atoms with van der Waals surface area (Å²) in [5, 5.41) is 9.55. The van der Waals surface area contributed by atoms with E-state index in [1.54, 1.807) is 6.20 Å². The molecule has 1 amide bonds. The summed E-state index contributed by atoms with van der Waals surface area (Å²) < 4.78 is 0. The van der Waals surface area contributed by atoms with Crippen LogP contribution in [0.4, 0.5) is 0 Å². The number of rotatable bonds is 6. The molecule has 1 aromatic carbocycles. The first-order valence-corrected chi connectivity index (χ1v) is 7.87. The summed E-state index contributed by atoms with van der Waals surface area (Å²) >= 11 is 0. The van der Waals surface area contributed by atoms with Gasteiger partial charge in [-0.05, 0) is 5.92 Å². The van der Waals surface area contributed by atoms with Crippen molar-refractivity contribution < 1.29 is 4.79 Å². The largest absolute Gasteiger partial charge is 0.350 e. The summed E-state index contributed by atoms with van der Waals surface area (Å²) in [7, 11) is 0. The Kier molecular flexibility index (Phi) is 4.69. The molecule has 0 aliphatic heterocycles. The smallest absolute Gasteiger partial charge is 0.231 e. The summed E-state index contributed by atoms with van der Waals surface area (Å²) in [6, 6.07) is 9.86. The molecule has 1 atom stereocenters. The van der Waals surface area contributed by atoms with Crippen LogP contribution in [0.5, 0.6) is 0 Å². The van der Waals surface area contributed by atoms with Gasteiger partial charge < -0.3 is 10.3 Å². The van der Waals surface area contributed by atoms with Crippen molar-refractivity contribution in [3.05, 3.63) is 54.4 Å². The lowest BCUT2D eigenvalue weighted by molar-refractivity contribution is -0.123. The molecule has 7 nitrogen and oxygen atoms in total. The first kappa shape index (κ1) is 15.9. The third kappa shape index (κ3) is 3.51. The predicted octanol–water partition coefficient (Wildman–Crippen LogP) is 2.25. The van der Waals surface area contributed by atoms with Gasteiger partial charge in [-0.25, -0.2) is 9.97 Å². The summed E-state index contributed by atoms with van der Waals surface area (Å²) in [5.41, 5.74) is 1.86. The van der Waals surface area contributed by atoms with Crippen molar-refractivity contribution in [1.29, 1.82) is 0 Å². The van der Waals surface area contributed by atoms with E-state index in [1.807, 2.05) is 44.2 Å². The molecule has 0 fully saturated rings. The van der Waals surface area contributed by atoms with Crippen LogP contribution in [0.15, 0.2) is 42.9 Å². The average Bonchev–Trinajstić information content (AvgIpc) is 3.25. The molecule has 0 spiro atoms. The van der Waals surface area contributed by atoms with Crippen molar-refractivity contribution in [2.24, 2.45) is 5.92 Å².